The Balaban J connectivity index is 2.46. The molecule has 22 heavy (non-hydrogen) atoms. The van der Waals surface area contributed by atoms with Gasteiger partial charge in [0, 0.05) is 13.0 Å². The maximum absolute atomic E-state index is 12.3. The second kappa shape index (κ2) is 5.76. The molecule has 8 nitrogen and oxygen atoms in total. The quantitative estimate of drug-likeness (QED) is 0.819. The Morgan fingerprint density at radius 1 is 1.32 bits per heavy atom. The number of anilines is 1. The van der Waals surface area contributed by atoms with Crippen molar-refractivity contribution in [2.75, 3.05) is 11.9 Å². The summed E-state index contributed by atoms with van der Waals surface area (Å²) < 4.78 is 25.1. The number of carboxylic acid groups (broad SMARTS) is 1. The number of sulfonamides is 1. The van der Waals surface area contributed by atoms with E-state index in [1.807, 2.05) is 0 Å². The van der Waals surface area contributed by atoms with Crippen LogP contribution >= 0.6 is 0 Å². The molecule has 0 fully saturated rings. The van der Waals surface area contributed by atoms with E-state index in [1.165, 1.54) is 18.2 Å². The van der Waals surface area contributed by atoms with Crippen LogP contribution in [0, 0.1) is 0 Å². The summed E-state index contributed by atoms with van der Waals surface area (Å²) in [5.41, 5.74) is -0.0227. The van der Waals surface area contributed by atoms with E-state index < -0.39 is 34.9 Å². The van der Waals surface area contributed by atoms with Crippen LogP contribution in [-0.2, 0) is 19.6 Å². The van der Waals surface area contributed by atoms with Crippen molar-refractivity contribution in [3.63, 3.8) is 0 Å². The van der Waals surface area contributed by atoms with E-state index in [0.29, 0.717) is 4.31 Å². The molecule has 2 amide bonds. The lowest BCUT2D eigenvalue weighted by Crippen LogP contribution is -2.32. The highest BCUT2D eigenvalue weighted by atomic mass is 32.2. The molecule has 0 bridgehead atoms. The standard InChI is InChI=1S/C13H14N2O6S/c1-2-10(16)14-8-4-3-5-9-12(8)13(19)15(22(9,20)21)7-6-11(17)18/h3-5H,2,6-7H2,1H3,(H,14,16)(H,17,18). The lowest BCUT2D eigenvalue weighted by molar-refractivity contribution is -0.137. The van der Waals surface area contributed by atoms with Crippen molar-refractivity contribution in [2.45, 2.75) is 24.7 Å². The third-order valence-corrected chi connectivity index (χ3v) is 4.98. The minimum absolute atomic E-state index is 0.107. The van der Waals surface area contributed by atoms with Crippen LogP contribution in [0.5, 0.6) is 0 Å². The summed E-state index contributed by atoms with van der Waals surface area (Å²) >= 11 is 0. The summed E-state index contributed by atoms with van der Waals surface area (Å²) in [5.74, 6) is -2.40. The molecule has 0 spiro atoms. The normalized spacial score (nSPS) is 15.5. The van der Waals surface area contributed by atoms with Crippen molar-refractivity contribution in [1.29, 1.82) is 0 Å². The highest BCUT2D eigenvalue weighted by Crippen LogP contribution is 2.35. The molecular formula is C13H14N2O6S. The van der Waals surface area contributed by atoms with Gasteiger partial charge in [-0.15, -0.1) is 0 Å². The Kier molecular flexibility index (Phi) is 4.18. The fourth-order valence-electron chi connectivity index (χ4n) is 2.08. The van der Waals surface area contributed by atoms with E-state index in [1.54, 1.807) is 6.92 Å². The van der Waals surface area contributed by atoms with Crippen LogP contribution in [0.25, 0.3) is 0 Å². The Morgan fingerprint density at radius 3 is 2.59 bits per heavy atom. The average molecular weight is 326 g/mol. The van der Waals surface area contributed by atoms with E-state index >= 15 is 0 Å². The van der Waals surface area contributed by atoms with Gasteiger partial charge < -0.3 is 10.4 Å². The Morgan fingerprint density at radius 2 is 2.00 bits per heavy atom. The molecule has 0 unspecified atom stereocenters. The average Bonchev–Trinajstić information content (AvgIpc) is 2.65. The van der Waals surface area contributed by atoms with Gasteiger partial charge in [-0.05, 0) is 12.1 Å². The van der Waals surface area contributed by atoms with Crippen LogP contribution in [0.1, 0.15) is 30.1 Å². The van der Waals surface area contributed by atoms with Crippen molar-refractivity contribution in [2.24, 2.45) is 0 Å². The molecule has 0 saturated carbocycles. The summed E-state index contributed by atoms with van der Waals surface area (Å²) in [4.78, 5) is 34.2. The first kappa shape index (κ1) is 16.0. The Labute approximate surface area is 126 Å². The monoisotopic (exact) mass is 326 g/mol. The number of hydrogen-bond acceptors (Lipinski definition) is 5. The van der Waals surface area contributed by atoms with Crippen molar-refractivity contribution in [1.82, 2.24) is 4.31 Å². The summed E-state index contributed by atoms with van der Waals surface area (Å²) in [6, 6.07) is 4.10. The van der Waals surface area contributed by atoms with E-state index in [2.05, 4.69) is 5.32 Å². The number of aliphatic carboxylic acids is 1. The van der Waals surface area contributed by atoms with Gasteiger partial charge in [-0.1, -0.05) is 13.0 Å². The van der Waals surface area contributed by atoms with Crippen molar-refractivity contribution in [3.8, 4) is 0 Å². The molecule has 0 atom stereocenters. The minimum Gasteiger partial charge on any atom is -0.481 e. The molecular weight excluding hydrogens is 312 g/mol. The first-order valence-electron chi connectivity index (χ1n) is 6.50. The van der Waals surface area contributed by atoms with Gasteiger partial charge in [0.1, 0.15) is 4.90 Å². The molecule has 0 aliphatic carbocycles. The molecule has 1 aromatic rings. The highest BCUT2D eigenvalue weighted by molar-refractivity contribution is 7.90. The minimum atomic E-state index is -4.09. The molecule has 1 heterocycles. The molecule has 118 valence electrons. The number of hydrogen-bond donors (Lipinski definition) is 2. The van der Waals surface area contributed by atoms with Gasteiger partial charge in [-0.2, -0.15) is 0 Å². The number of nitrogens with one attached hydrogen (secondary N) is 1. The van der Waals surface area contributed by atoms with Gasteiger partial charge in [-0.25, -0.2) is 12.7 Å². The summed E-state index contributed by atoms with van der Waals surface area (Å²) in [6.45, 7) is 1.17. The lowest BCUT2D eigenvalue weighted by atomic mass is 10.1. The SMILES string of the molecule is CCC(=O)Nc1cccc2c1C(=O)N(CCC(=O)O)S2(=O)=O. The number of carbonyl (C=O) groups is 3. The molecule has 9 heteroatoms. The summed E-state index contributed by atoms with van der Waals surface area (Å²) in [6.07, 6.45) is -0.317. The smallest absolute Gasteiger partial charge is 0.305 e. The fourth-order valence-corrected chi connectivity index (χ4v) is 3.67. The lowest BCUT2D eigenvalue weighted by Gasteiger charge is -2.13. The number of carbonyl (C=O) groups excluding carboxylic acids is 2. The Hall–Kier alpha value is -2.42. The van der Waals surface area contributed by atoms with Gasteiger partial charge in [0.25, 0.3) is 15.9 Å². The third-order valence-electron chi connectivity index (χ3n) is 3.16. The van der Waals surface area contributed by atoms with Crippen LogP contribution in [0.2, 0.25) is 0 Å². The molecule has 0 radical (unpaired) electrons. The van der Waals surface area contributed by atoms with Crippen LogP contribution in [-0.4, -0.2) is 42.2 Å². The second-order valence-electron chi connectivity index (χ2n) is 4.61. The van der Waals surface area contributed by atoms with Gasteiger partial charge >= 0.3 is 5.97 Å². The predicted molar refractivity (Wildman–Crippen MR) is 75.8 cm³/mol. The van der Waals surface area contributed by atoms with E-state index in [0.717, 1.165) is 0 Å². The molecule has 0 aromatic heterocycles. The molecule has 2 N–H and O–H groups in total. The molecule has 1 aliphatic rings. The third kappa shape index (κ3) is 2.67. The van der Waals surface area contributed by atoms with E-state index in [4.69, 9.17) is 5.11 Å². The maximum Gasteiger partial charge on any atom is 0.305 e. The molecule has 1 aliphatic heterocycles. The second-order valence-corrected chi connectivity index (χ2v) is 6.44. The number of amides is 2. The first-order chi connectivity index (χ1) is 10.3. The molecule has 1 aromatic carbocycles. The maximum atomic E-state index is 12.3. The van der Waals surface area contributed by atoms with Crippen LogP contribution < -0.4 is 5.32 Å². The Bertz CT molecular complexity index is 756. The van der Waals surface area contributed by atoms with Gasteiger partial charge in [0.15, 0.2) is 0 Å². The zero-order valence-electron chi connectivity index (χ0n) is 11.7. The van der Waals surface area contributed by atoms with E-state index in [9.17, 15) is 22.8 Å². The fraction of sp³-hybridized carbons (Fsp3) is 0.308. The van der Waals surface area contributed by atoms with Crippen molar-refractivity contribution < 1.29 is 27.9 Å². The topological polar surface area (TPSA) is 121 Å². The number of rotatable bonds is 5. The van der Waals surface area contributed by atoms with Gasteiger partial charge in [0.2, 0.25) is 5.91 Å². The van der Waals surface area contributed by atoms with Crippen molar-refractivity contribution >= 4 is 33.5 Å². The largest absolute Gasteiger partial charge is 0.481 e. The van der Waals surface area contributed by atoms with Gasteiger partial charge in [-0.3, -0.25) is 14.4 Å². The van der Waals surface area contributed by atoms with Crippen LogP contribution in [0.4, 0.5) is 5.69 Å². The molecule has 0 saturated heterocycles. The zero-order valence-corrected chi connectivity index (χ0v) is 12.5. The van der Waals surface area contributed by atoms with Gasteiger partial charge in [0.05, 0.1) is 17.7 Å². The van der Waals surface area contributed by atoms with Crippen molar-refractivity contribution in [3.05, 3.63) is 23.8 Å². The number of benzene rings is 1. The van der Waals surface area contributed by atoms with E-state index in [-0.39, 0.29) is 28.5 Å². The first-order valence-corrected chi connectivity index (χ1v) is 7.94. The predicted octanol–water partition coefficient (Wildman–Crippen LogP) is 0.654. The van der Waals surface area contributed by atoms with Crippen LogP contribution in [0.15, 0.2) is 23.1 Å². The van der Waals surface area contributed by atoms with Crippen LogP contribution in [0.3, 0.4) is 0 Å². The number of carboxylic acids is 1. The highest BCUT2D eigenvalue weighted by Gasteiger charge is 2.42. The summed E-state index contributed by atoms with van der Waals surface area (Å²) in [7, 11) is -4.09. The number of nitrogens with zero attached hydrogens (tertiary/aromatic N) is 1. The molecule has 2 rings (SSSR count). The zero-order chi connectivity index (χ0) is 16.5. The summed E-state index contributed by atoms with van der Waals surface area (Å²) in [5, 5.41) is 11.1. The number of fused-ring (bicyclic) bond motifs is 1.